The molecule has 0 radical (unpaired) electrons. The molecular weight excluding hydrogens is 244 g/mol. The molecule has 0 aliphatic carbocycles. The number of nitrogens with one attached hydrogen (secondary N) is 1. The summed E-state index contributed by atoms with van der Waals surface area (Å²) in [6.45, 7) is 5.21. The minimum atomic E-state index is -0.425. The fourth-order valence-corrected chi connectivity index (χ4v) is 2.42. The van der Waals surface area contributed by atoms with E-state index in [4.69, 9.17) is 5.73 Å². The van der Waals surface area contributed by atoms with Gasteiger partial charge in [-0.25, -0.2) is 0 Å². The Balaban J connectivity index is 1.96. The Kier molecular flexibility index (Phi) is 4.21. The Bertz CT molecular complexity index is 458. The molecule has 0 saturated carbocycles. The third kappa shape index (κ3) is 3.57. The van der Waals surface area contributed by atoms with Crippen molar-refractivity contribution in [2.75, 3.05) is 30.7 Å². The zero-order chi connectivity index (χ0) is 13.8. The lowest BCUT2D eigenvalue weighted by molar-refractivity contribution is -0.384. The Hall–Kier alpha value is -1.82. The maximum Gasteiger partial charge on any atom is 0.273 e. The van der Waals surface area contributed by atoms with Gasteiger partial charge in [0.15, 0.2) is 0 Å². The highest BCUT2D eigenvalue weighted by atomic mass is 16.6. The third-order valence-corrected chi connectivity index (χ3v) is 3.52. The molecule has 0 amide bonds. The molecule has 19 heavy (non-hydrogen) atoms. The van der Waals surface area contributed by atoms with Crippen molar-refractivity contribution >= 4 is 17.1 Å². The van der Waals surface area contributed by atoms with Crippen LogP contribution in [-0.4, -0.2) is 35.5 Å². The normalized spacial score (nSPS) is 17.3. The maximum atomic E-state index is 10.8. The van der Waals surface area contributed by atoms with E-state index < -0.39 is 4.92 Å². The van der Waals surface area contributed by atoms with Crippen molar-refractivity contribution in [1.82, 2.24) is 4.90 Å². The molecule has 1 aliphatic rings. The molecule has 1 aliphatic heterocycles. The lowest BCUT2D eigenvalue weighted by Gasteiger charge is -2.24. The van der Waals surface area contributed by atoms with Crippen LogP contribution in [0.2, 0.25) is 0 Å². The second kappa shape index (κ2) is 5.88. The zero-order valence-corrected chi connectivity index (χ0v) is 11.1. The SMILES string of the molecule is CC(CNc1cc(N)cc([N+](=O)[O-])c1)N1CCCC1. The summed E-state index contributed by atoms with van der Waals surface area (Å²) >= 11 is 0. The number of nitrogens with two attached hydrogens (primary N) is 1. The predicted octanol–water partition coefficient (Wildman–Crippen LogP) is 2.07. The summed E-state index contributed by atoms with van der Waals surface area (Å²) in [4.78, 5) is 12.8. The van der Waals surface area contributed by atoms with Crippen LogP contribution in [0.4, 0.5) is 17.1 Å². The van der Waals surface area contributed by atoms with Crippen LogP contribution >= 0.6 is 0 Å². The lowest BCUT2D eigenvalue weighted by atomic mass is 10.2. The van der Waals surface area contributed by atoms with Crippen molar-refractivity contribution in [2.45, 2.75) is 25.8 Å². The zero-order valence-electron chi connectivity index (χ0n) is 11.1. The quantitative estimate of drug-likeness (QED) is 0.483. The van der Waals surface area contributed by atoms with Gasteiger partial charge in [0.05, 0.1) is 4.92 Å². The van der Waals surface area contributed by atoms with E-state index in [1.54, 1.807) is 6.07 Å². The van der Waals surface area contributed by atoms with Gasteiger partial charge in [-0.15, -0.1) is 0 Å². The largest absolute Gasteiger partial charge is 0.398 e. The third-order valence-electron chi connectivity index (χ3n) is 3.52. The van der Waals surface area contributed by atoms with Crippen LogP contribution in [0.15, 0.2) is 18.2 Å². The molecule has 104 valence electrons. The monoisotopic (exact) mass is 264 g/mol. The van der Waals surface area contributed by atoms with Crippen LogP contribution in [-0.2, 0) is 0 Å². The number of likely N-dealkylation sites (tertiary alicyclic amines) is 1. The van der Waals surface area contributed by atoms with Crippen LogP contribution in [0.3, 0.4) is 0 Å². The number of nitrogen functional groups attached to an aromatic ring is 1. The van der Waals surface area contributed by atoms with Crippen LogP contribution in [0.5, 0.6) is 0 Å². The summed E-state index contributed by atoms with van der Waals surface area (Å²) in [7, 11) is 0. The molecule has 3 N–H and O–H groups in total. The first-order chi connectivity index (χ1) is 9.06. The molecule has 2 rings (SSSR count). The number of hydrogen-bond acceptors (Lipinski definition) is 5. The van der Waals surface area contributed by atoms with Crippen molar-refractivity contribution in [2.24, 2.45) is 0 Å². The van der Waals surface area contributed by atoms with Gasteiger partial charge in [0.25, 0.3) is 5.69 Å². The van der Waals surface area contributed by atoms with Gasteiger partial charge in [-0.05, 0) is 38.9 Å². The number of rotatable bonds is 5. The molecule has 0 bridgehead atoms. The average Bonchev–Trinajstić information content (AvgIpc) is 2.89. The Morgan fingerprint density at radius 2 is 2.11 bits per heavy atom. The molecule has 1 saturated heterocycles. The van der Waals surface area contributed by atoms with Gasteiger partial charge in [-0.3, -0.25) is 15.0 Å². The number of anilines is 2. The van der Waals surface area contributed by atoms with E-state index in [0.29, 0.717) is 17.4 Å². The van der Waals surface area contributed by atoms with Gasteiger partial charge in [-0.2, -0.15) is 0 Å². The van der Waals surface area contributed by atoms with Gasteiger partial charge >= 0.3 is 0 Å². The Morgan fingerprint density at radius 1 is 1.42 bits per heavy atom. The van der Waals surface area contributed by atoms with Crippen molar-refractivity contribution in [3.05, 3.63) is 28.3 Å². The summed E-state index contributed by atoms with van der Waals surface area (Å²) in [6, 6.07) is 5.04. The van der Waals surface area contributed by atoms with Crippen molar-refractivity contribution < 1.29 is 4.92 Å². The smallest absolute Gasteiger partial charge is 0.273 e. The summed E-state index contributed by atoms with van der Waals surface area (Å²) in [5, 5.41) is 14.0. The molecule has 1 atom stereocenters. The fraction of sp³-hybridized carbons (Fsp3) is 0.538. The molecule has 6 heteroatoms. The molecule has 1 aromatic carbocycles. The first kappa shape index (κ1) is 13.6. The molecule has 6 nitrogen and oxygen atoms in total. The van der Waals surface area contributed by atoms with Crippen LogP contribution in [0, 0.1) is 10.1 Å². The van der Waals surface area contributed by atoms with Gasteiger partial charge in [-0.1, -0.05) is 0 Å². The summed E-state index contributed by atoms with van der Waals surface area (Å²) in [5.74, 6) is 0. The number of benzene rings is 1. The molecule has 0 aromatic heterocycles. The number of non-ortho nitro benzene ring substituents is 1. The van der Waals surface area contributed by atoms with Crippen molar-refractivity contribution in [3.63, 3.8) is 0 Å². The Labute approximate surface area is 112 Å². The first-order valence-corrected chi connectivity index (χ1v) is 6.59. The highest BCUT2D eigenvalue weighted by Gasteiger charge is 2.18. The standard InChI is InChI=1S/C13H20N4O2/c1-10(16-4-2-3-5-16)9-15-12-6-11(14)7-13(8-12)17(18)19/h6-8,10,15H,2-5,9,14H2,1H3. The maximum absolute atomic E-state index is 10.8. The van der Waals surface area contributed by atoms with E-state index in [1.165, 1.54) is 25.0 Å². The van der Waals surface area contributed by atoms with Gasteiger partial charge in [0.1, 0.15) is 0 Å². The van der Waals surface area contributed by atoms with E-state index in [2.05, 4.69) is 17.1 Å². The van der Waals surface area contributed by atoms with E-state index in [1.807, 2.05) is 0 Å². The van der Waals surface area contributed by atoms with Crippen LogP contribution in [0.1, 0.15) is 19.8 Å². The highest BCUT2D eigenvalue weighted by Crippen LogP contribution is 2.22. The van der Waals surface area contributed by atoms with Crippen LogP contribution in [0.25, 0.3) is 0 Å². The fourth-order valence-electron chi connectivity index (χ4n) is 2.42. The van der Waals surface area contributed by atoms with Gasteiger partial charge in [0.2, 0.25) is 0 Å². The second-order valence-electron chi connectivity index (χ2n) is 5.04. The molecule has 1 fully saturated rings. The molecule has 1 aromatic rings. The predicted molar refractivity (Wildman–Crippen MR) is 76.3 cm³/mol. The molecule has 1 heterocycles. The Morgan fingerprint density at radius 3 is 2.74 bits per heavy atom. The number of nitrogens with zero attached hydrogens (tertiary/aromatic N) is 2. The average molecular weight is 264 g/mol. The molecule has 0 spiro atoms. The van der Waals surface area contributed by atoms with Crippen molar-refractivity contribution in [1.29, 1.82) is 0 Å². The molecular formula is C13H20N4O2. The second-order valence-corrected chi connectivity index (χ2v) is 5.04. The topological polar surface area (TPSA) is 84.4 Å². The van der Waals surface area contributed by atoms with Crippen LogP contribution < -0.4 is 11.1 Å². The number of nitro benzene ring substituents is 1. The summed E-state index contributed by atoms with van der Waals surface area (Å²) in [6.07, 6.45) is 2.52. The number of hydrogen-bond donors (Lipinski definition) is 2. The van der Waals surface area contributed by atoms with E-state index >= 15 is 0 Å². The number of nitro groups is 1. The lowest BCUT2D eigenvalue weighted by Crippen LogP contribution is -2.35. The first-order valence-electron chi connectivity index (χ1n) is 6.59. The van der Waals surface area contributed by atoms with Gasteiger partial charge in [0, 0.05) is 36.1 Å². The summed E-state index contributed by atoms with van der Waals surface area (Å²) < 4.78 is 0. The van der Waals surface area contributed by atoms with E-state index in [9.17, 15) is 10.1 Å². The van der Waals surface area contributed by atoms with E-state index in [0.717, 1.165) is 19.6 Å². The summed E-state index contributed by atoms with van der Waals surface area (Å²) in [5.41, 5.74) is 6.81. The molecule has 1 unspecified atom stereocenters. The minimum Gasteiger partial charge on any atom is -0.398 e. The minimum absolute atomic E-state index is 0.0244. The van der Waals surface area contributed by atoms with Crippen molar-refractivity contribution in [3.8, 4) is 0 Å². The van der Waals surface area contributed by atoms with Gasteiger partial charge < -0.3 is 11.1 Å². The highest BCUT2D eigenvalue weighted by molar-refractivity contribution is 5.61. The van der Waals surface area contributed by atoms with E-state index in [-0.39, 0.29) is 5.69 Å².